The van der Waals surface area contributed by atoms with Crippen LogP contribution in [0.25, 0.3) is 0 Å². The molecule has 3 aliphatic rings. The molecule has 0 radical (unpaired) electrons. The Labute approximate surface area is 298 Å². The van der Waals surface area contributed by atoms with Crippen LogP contribution in [0.1, 0.15) is 73.6 Å². The number of ether oxygens (including phenoxy) is 7. The zero-order chi connectivity index (χ0) is 37.3. The molecule has 0 amide bonds. The highest BCUT2D eigenvalue weighted by atomic mass is 16.7. The molecular weight excluding hydrogens is 650 g/mol. The first-order chi connectivity index (χ1) is 23.6. The maximum absolute atomic E-state index is 13.3. The van der Waals surface area contributed by atoms with Gasteiger partial charge in [0, 0.05) is 44.6 Å². The van der Waals surface area contributed by atoms with Crippen molar-refractivity contribution in [2.45, 2.75) is 147 Å². The summed E-state index contributed by atoms with van der Waals surface area (Å²) >= 11 is 0. The highest BCUT2D eigenvalue weighted by molar-refractivity contribution is 5.82. The van der Waals surface area contributed by atoms with E-state index in [2.05, 4.69) is 0 Å². The number of carbonyl (C=O) groups excluding carboxylic acids is 2. The maximum atomic E-state index is 13.3. The van der Waals surface area contributed by atoms with E-state index in [0.717, 1.165) is 0 Å². The maximum Gasteiger partial charge on any atom is 0.330 e. The summed E-state index contributed by atoms with van der Waals surface area (Å²) in [5.74, 6) is -1.32. The van der Waals surface area contributed by atoms with Gasteiger partial charge in [0.25, 0.3) is 0 Å². The molecule has 3 N–H and O–H groups in total. The van der Waals surface area contributed by atoms with E-state index >= 15 is 0 Å². The second kappa shape index (κ2) is 19.3. The molecule has 15 atom stereocenters. The first kappa shape index (κ1) is 42.6. The van der Waals surface area contributed by atoms with Crippen molar-refractivity contribution in [1.82, 2.24) is 4.90 Å². The summed E-state index contributed by atoms with van der Waals surface area (Å²) in [7, 11) is 6.73. The zero-order valence-electron chi connectivity index (χ0n) is 31.6. The lowest BCUT2D eigenvalue weighted by atomic mass is 9.84. The predicted octanol–water partition coefficient (Wildman–Crippen LogP) is 2.78. The molecule has 2 saturated heterocycles. The molecule has 13 nitrogen and oxygen atoms in total. The van der Waals surface area contributed by atoms with Gasteiger partial charge in [0.1, 0.15) is 41.9 Å². The first-order valence-electron chi connectivity index (χ1n) is 18.0. The fourth-order valence-electron chi connectivity index (χ4n) is 7.33. The number of cyclic esters (lactones) is 1. The molecule has 2 fully saturated rings. The average Bonchev–Trinajstić information content (AvgIpc) is 3.07. The lowest BCUT2D eigenvalue weighted by Crippen LogP contribution is -2.59. The van der Waals surface area contributed by atoms with Crippen molar-refractivity contribution in [3.05, 3.63) is 24.3 Å². The minimum atomic E-state index is -1.80. The van der Waals surface area contributed by atoms with Gasteiger partial charge in [0.2, 0.25) is 0 Å². The van der Waals surface area contributed by atoms with E-state index in [4.69, 9.17) is 33.2 Å². The van der Waals surface area contributed by atoms with Crippen molar-refractivity contribution < 1.29 is 58.1 Å². The number of aliphatic hydroxyl groups excluding tert-OH is 2. The smallest absolute Gasteiger partial charge is 0.330 e. The van der Waals surface area contributed by atoms with Gasteiger partial charge in [-0.05, 0) is 59.5 Å². The molecule has 0 aromatic rings. The van der Waals surface area contributed by atoms with Crippen LogP contribution in [-0.2, 0) is 42.7 Å². The lowest BCUT2D eigenvalue weighted by molar-refractivity contribution is -0.310. The van der Waals surface area contributed by atoms with E-state index in [1.54, 1.807) is 26.0 Å². The van der Waals surface area contributed by atoms with Crippen molar-refractivity contribution in [3.8, 4) is 0 Å². The van der Waals surface area contributed by atoms with Crippen molar-refractivity contribution in [2.24, 2.45) is 17.8 Å². The monoisotopic (exact) mass is 713 g/mol. The zero-order valence-corrected chi connectivity index (χ0v) is 31.6. The predicted molar refractivity (Wildman–Crippen MR) is 185 cm³/mol. The third kappa shape index (κ3) is 10.9. The Morgan fingerprint density at radius 2 is 1.62 bits per heavy atom. The molecular formula is C37H63NO12. The highest BCUT2D eigenvalue weighted by Crippen LogP contribution is 2.32. The number of aliphatic hydroxyl groups is 3. The Kier molecular flexibility index (Phi) is 16.5. The van der Waals surface area contributed by atoms with E-state index in [-0.39, 0.29) is 55.1 Å². The van der Waals surface area contributed by atoms with Crippen LogP contribution in [0.3, 0.4) is 0 Å². The summed E-state index contributed by atoms with van der Waals surface area (Å²) in [5.41, 5.74) is -1.80. The Balaban J connectivity index is 1.87. The summed E-state index contributed by atoms with van der Waals surface area (Å²) < 4.78 is 41.4. The topological polar surface area (TPSA) is 163 Å². The standard InChI is InChI=1S/C37H63NO12/c1-11-28-37(43,20-46-36-34(45-10)33(44-9)30(41)25(6)48-36)17-13-12-14-27(39)22(3)18-23(4)32(21(2)15-16-29(40)49-28)50-35-31(42)26(38(7)8)19-24(5)47-35/h13,15-17,21-26,28,30-36,41-43H,11-12,14,18-20H2,1-10H3/b16-15+,17-13+/t21-,22+,23-,24+,25+,26-,28+,30+,31+,32+,33+,34+,35-,36+,37-/m0/s1. The number of allylic oxidation sites excluding steroid dienone is 1. The van der Waals surface area contributed by atoms with Crippen LogP contribution in [0, 0.1) is 17.8 Å². The van der Waals surface area contributed by atoms with Crippen LogP contribution in [0.5, 0.6) is 0 Å². The van der Waals surface area contributed by atoms with Crippen LogP contribution < -0.4 is 0 Å². The summed E-state index contributed by atoms with van der Waals surface area (Å²) in [4.78, 5) is 28.6. The van der Waals surface area contributed by atoms with Crippen LogP contribution in [-0.4, -0.2) is 140 Å². The quantitative estimate of drug-likeness (QED) is 0.237. The van der Waals surface area contributed by atoms with Gasteiger partial charge in [0.15, 0.2) is 12.6 Å². The number of likely N-dealkylation sites (N-methyl/N-ethyl adjacent to an activating group) is 1. The van der Waals surface area contributed by atoms with Gasteiger partial charge in [-0.25, -0.2) is 4.79 Å². The van der Waals surface area contributed by atoms with Crippen LogP contribution >= 0.6 is 0 Å². The molecule has 288 valence electrons. The van der Waals surface area contributed by atoms with Gasteiger partial charge in [-0.2, -0.15) is 0 Å². The number of carbonyl (C=O) groups is 2. The van der Waals surface area contributed by atoms with E-state index in [9.17, 15) is 24.9 Å². The van der Waals surface area contributed by atoms with Gasteiger partial charge in [-0.3, -0.25) is 4.79 Å². The Morgan fingerprint density at radius 3 is 2.24 bits per heavy atom. The van der Waals surface area contributed by atoms with Gasteiger partial charge < -0.3 is 53.4 Å². The lowest BCUT2D eigenvalue weighted by Gasteiger charge is -2.43. The van der Waals surface area contributed by atoms with Crippen LogP contribution in [0.15, 0.2) is 24.3 Å². The Bertz CT molecular complexity index is 1130. The summed E-state index contributed by atoms with van der Waals surface area (Å²) in [6.07, 6.45) is 0.677. The van der Waals surface area contributed by atoms with Gasteiger partial charge in [-0.1, -0.05) is 45.9 Å². The molecule has 0 aromatic carbocycles. The van der Waals surface area contributed by atoms with E-state index in [1.807, 2.05) is 46.7 Å². The largest absolute Gasteiger partial charge is 0.456 e. The fraction of sp³-hybridized carbons (Fsp3) is 0.838. The second-order valence-corrected chi connectivity index (χ2v) is 14.6. The molecule has 0 saturated carbocycles. The van der Waals surface area contributed by atoms with E-state index in [1.165, 1.54) is 26.4 Å². The third-order valence-electron chi connectivity index (χ3n) is 10.4. The third-order valence-corrected chi connectivity index (χ3v) is 10.4. The summed E-state index contributed by atoms with van der Waals surface area (Å²) in [6, 6.07) is -0.158. The molecule has 50 heavy (non-hydrogen) atoms. The van der Waals surface area contributed by atoms with E-state index in [0.29, 0.717) is 19.3 Å². The molecule has 13 heteroatoms. The number of Topliss-reactive ketones (excluding diaryl/α,β-unsaturated/α-hetero) is 1. The van der Waals surface area contributed by atoms with Gasteiger partial charge >= 0.3 is 5.97 Å². The number of hydrogen-bond donors (Lipinski definition) is 3. The summed E-state index contributed by atoms with van der Waals surface area (Å²) in [6.45, 7) is 10.9. The number of methoxy groups -OCH3 is 2. The molecule has 3 aliphatic heterocycles. The van der Waals surface area contributed by atoms with Gasteiger partial charge in [0.05, 0.1) is 24.9 Å². The Morgan fingerprint density at radius 1 is 0.940 bits per heavy atom. The molecule has 0 unspecified atom stereocenters. The SMILES string of the molecule is CC[C@H]1OC(=O)/C=C/[C@H](C)[C@@H](O[C@@H]2O[C@H](C)C[C@H](N(C)C)[C@H]2O)[C@@H](C)C[C@@H](C)C(=O)CC/C=C/[C@]1(O)CO[C@@H]1O[C@H](C)[C@@H](O)[C@@H](OC)[C@H]1OC. The van der Waals surface area contributed by atoms with Crippen LogP contribution in [0.4, 0.5) is 0 Å². The molecule has 0 bridgehead atoms. The molecule has 3 heterocycles. The minimum Gasteiger partial charge on any atom is -0.456 e. The number of hydrogen-bond acceptors (Lipinski definition) is 13. The molecule has 0 aromatic heterocycles. The number of rotatable bonds is 9. The van der Waals surface area contributed by atoms with E-state index < -0.39 is 66.9 Å². The first-order valence-corrected chi connectivity index (χ1v) is 18.0. The number of ketones is 1. The molecule has 0 aliphatic carbocycles. The highest BCUT2D eigenvalue weighted by Gasteiger charge is 2.47. The van der Waals surface area contributed by atoms with Crippen molar-refractivity contribution in [1.29, 1.82) is 0 Å². The fourth-order valence-corrected chi connectivity index (χ4v) is 7.33. The number of esters is 1. The van der Waals surface area contributed by atoms with Crippen molar-refractivity contribution >= 4 is 11.8 Å². The Hall–Kier alpha value is -1.78. The van der Waals surface area contributed by atoms with Crippen molar-refractivity contribution in [2.75, 3.05) is 34.9 Å². The van der Waals surface area contributed by atoms with Gasteiger partial charge in [-0.15, -0.1) is 0 Å². The summed E-state index contributed by atoms with van der Waals surface area (Å²) in [5, 5.41) is 33.7. The number of nitrogens with zero attached hydrogens (tertiary/aromatic N) is 1. The molecule has 0 spiro atoms. The average molecular weight is 714 g/mol. The minimum absolute atomic E-state index is 0.0701. The normalized spacial score (nSPS) is 44.1. The van der Waals surface area contributed by atoms with Crippen molar-refractivity contribution in [3.63, 3.8) is 0 Å². The second-order valence-electron chi connectivity index (χ2n) is 14.6. The molecule has 3 rings (SSSR count). The van der Waals surface area contributed by atoms with Crippen LogP contribution in [0.2, 0.25) is 0 Å².